The van der Waals surface area contributed by atoms with Gasteiger partial charge in [0, 0.05) is 24.0 Å². The first-order valence-corrected chi connectivity index (χ1v) is 6.28. The van der Waals surface area contributed by atoms with Crippen molar-refractivity contribution in [2.24, 2.45) is 5.73 Å². The van der Waals surface area contributed by atoms with E-state index in [4.69, 9.17) is 15.2 Å². The zero-order chi connectivity index (χ0) is 13.5. The van der Waals surface area contributed by atoms with E-state index in [1.54, 1.807) is 14.2 Å². The van der Waals surface area contributed by atoms with E-state index in [0.29, 0.717) is 31.0 Å². The Bertz CT molecular complexity index is 424. The van der Waals surface area contributed by atoms with Crippen molar-refractivity contribution in [3.05, 3.63) is 22.2 Å². The van der Waals surface area contributed by atoms with Crippen LogP contribution in [-0.4, -0.2) is 26.7 Å². The van der Waals surface area contributed by atoms with E-state index < -0.39 is 0 Å². The summed E-state index contributed by atoms with van der Waals surface area (Å²) >= 11 is 3.43. The molecule has 0 aliphatic rings. The van der Waals surface area contributed by atoms with Gasteiger partial charge in [0.05, 0.1) is 14.2 Å². The number of rotatable bonds is 6. The second-order valence-electron chi connectivity index (χ2n) is 3.61. The van der Waals surface area contributed by atoms with Crippen molar-refractivity contribution in [1.82, 2.24) is 5.32 Å². The van der Waals surface area contributed by atoms with Crippen molar-refractivity contribution in [3.8, 4) is 11.5 Å². The summed E-state index contributed by atoms with van der Waals surface area (Å²) in [5, 5.41) is 2.78. The molecule has 1 aromatic rings. The third-order valence-corrected chi connectivity index (χ3v) is 3.14. The maximum atomic E-state index is 11.3. The Hall–Kier alpha value is -1.27. The van der Waals surface area contributed by atoms with E-state index in [1.807, 2.05) is 12.1 Å². The van der Waals surface area contributed by atoms with Gasteiger partial charge in [0.2, 0.25) is 5.91 Å². The minimum atomic E-state index is -0.0702. The van der Waals surface area contributed by atoms with Crippen LogP contribution in [0.4, 0.5) is 0 Å². The van der Waals surface area contributed by atoms with Crippen molar-refractivity contribution in [2.45, 2.75) is 13.0 Å². The number of methoxy groups -OCH3 is 2. The van der Waals surface area contributed by atoms with E-state index >= 15 is 0 Å². The number of halogens is 1. The van der Waals surface area contributed by atoms with E-state index in [9.17, 15) is 4.79 Å². The number of ether oxygens (including phenoxy) is 2. The molecule has 0 atom stereocenters. The van der Waals surface area contributed by atoms with Gasteiger partial charge in [0.1, 0.15) is 0 Å². The summed E-state index contributed by atoms with van der Waals surface area (Å²) in [6.07, 6.45) is 0.324. The lowest BCUT2D eigenvalue weighted by Gasteiger charge is -2.12. The predicted molar refractivity (Wildman–Crippen MR) is 72.8 cm³/mol. The smallest absolute Gasteiger partial charge is 0.221 e. The number of nitrogens with one attached hydrogen (secondary N) is 1. The van der Waals surface area contributed by atoms with Gasteiger partial charge in [0.15, 0.2) is 11.5 Å². The summed E-state index contributed by atoms with van der Waals surface area (Å²) in [7, 11) is 3.15. The van der Waals surface area contributed by atoms with Crippen molar-refractivity contribution >= 4 is 21.8 Å². The topological polar surface area (TPSA) is 73.6 Å². The lowest BCUT2D eigenvalue weighted by Crippen LogP contribution is -2.25. The van der Waals surface area contributed by atoms with Crippen LogP contribution in [0, 0.1) is 0 Å². The number of benzene rings is 1. The number of carbonyl (C=O) groups is 1. The Balaban J connectivity index is 2.79. The lowest BCUT2D eigenvalue weighted by atomic mass is 10.2. The van der Waals surface area contributed by atoms with Crippen LogP contribution < -0.4 is 20.5 Å². The molecule has 6 heteroatoms. The summed E-state index contributed by atoms with van der Waals surface area (Å²) in [6, 6.07) is 3.63. The third kappa shape index (κ3) is 3.89. The van der Waals surface area contributed by atoms with Crippen LogP contribution in [0.25, 0.3) is 0 Å². The van der Waals surface area contributed by atoms with E-state index in [2.05, 4.69) is 21.2 Å². The molecule has 0 saturated carbocycles. The van der Waals surface area contributed by atoms with Crippen LogP contribution >= 0.6 is 15.9 Å². The van der Waals surface area contributed by atoms with Gasteiger partial charge in [-0.25, -0.2) is 0 Å². The summed E-state index contributed by atoms with van der Waals surface area (Å²) in [4.78, 5) is 11.3. The first-order valence-electron chi connectivity index (χ1n) is 5.49. The molecule has 1 amide bonds. The molecule has 0 spiro atoms. The third-order valence-electron chi connectivity index (χ3n) is 2.40. The number of hydrogen-bond donors (Lipinski definition) is 2. The monoisotopic (exact) mass is 316 g/mol. The molecule has 0 bridgehead atoms. The fourth-order valence-corrected chi connectivity index (χ4v) is 1.91. The van der Waals surface area contributed by atoms with Gasteiger partial charge < -0.3 is 20.5 Å². The van der Waals surface area contributed by atoms with Crippen molar-refractivity contribution in [1.29, 1.82) is 0 Å². The molecule has 0 heterocycles. The van der Waals surface area contributed by atoms with Crippen molar-refractivity contribution in [3.63, 3.8) is 0 Å². The predicted octanol–water partition coefficient (Wildman–Crippen LogP) is 1.43. The molecule has 0 fully saturated rings. The van der Waals surface area contributed by atoms with Gasteiger partial charge in [0.25, 0.3) is 0 Å². The molecule has 0 aliphatic carbocycles. The maximum absolute atomic E-state index is 11.3. The van der Waals surface area contributed by atoms with Crippen LogP contribution in [0.5, 0.6) is 11.5 Å². The SMILES string of the molecule is COc1cc(Br)c(CNC(=O)CCN)cc1OC. The van der Waals surface area contributed by atoms with E-state index in [1.165, 1.54) is 0 Å². The highest BCUT2D eigenvalue weighted by Gasteiger charge is 2.10. The fraction of sp³-hybridized carbons (Fsp3) is 0.417. The van der Waals surface area contributed by atoms with E-state index in [0.717, 1.165) is 10.0 Å². The molecule has 0 aliphatic heterocycles. The lowest BCUT2D eigenvalue weighted by molar-refractivity contribution is -0.121. The highest BCUT2D eigenvalue weighted by molar-refractivity contribution is 9.10. The Morgan fingerprint density at radius 1 is 1.33 bits per heavy atom. The molecule has 3 N–H and O–H groups in total. The van der Waals surface area contributed by atoms with Gasteiger partial charge in [-0.3, -0.25) is 4.79 Å². The molecule has 0 aromatic heterocycles. The van der Waals surface area contributed by atoms with Crippen LogP contribution in [0.1, 0.15) is 12.0 Å². The Labute approximate surface area is 115 Å². The molecule has 1 aromatic carbocycles. The summed E-state index contributed by atoms with van der Waals surface area (Å²) in [5.41, 5.74) is 6.22. The van der Waals surface area contributed by atoms with Gasteiger partial charge in [-0.1, -0.05) is 15.9 Å². The van der Waals surface area contributed by atoms with Crippen LogP contribution in [0.15, 0.2) is 16.6 Å². The first kappa shape index (κ1) is 14.8. The molecular weight excluding hydrogens is 300 g/mol. The van der Waals surface area contributed by atoms with Crippen LogP contribution in [-0.2, 0) is 11.3 Å². The molecule has 1 rings (SSSR count). The van der Waals surface area contributed by atoms with Crippen molar-refractivity contribution in [2.75, 3.05) is 20.8 Å². The molecule has 5 nitrogen and oxygen atoms in total. The summed E-state index contributed by atoms with van der Waals surface area (Å²) < 4.78 is 11.2. The maximum Gasteiger partial charge on any atom is 0.221 e. The Morgan fingerprint density at radius 3 is 2.50 bits per heavy atom. The average molecular weight is 317 g/mol. The normalized spacial score (nSPS) is 10.0. The summed E-state index contributed by atoms with van der Waals surface area (Å²) in [5.74, 6) is 1.20. The van der Waals surface area contributed by atoms with Crippen LogP contribution in [0.3, 0.4) is 0 Å². The highest BCUT2D eigenvalue weighted by Crippen LogP contribution is 2.33. The standard InChI is InChI=1S/C12H17BrN2O3/c1-17-10-5-8(7-15-12(16)3-4-14)9(13)6-11(10)18-2/h5-6H,3-4,7,14H2,1-2H3,(H,15,16). The average Bonchev–Trinajstić information content (AvgIpc) is 2.37. The van der Waals surface area contributed by atoms with Gasteiger partial charge in [-0.2, -0.15) is 0 Å². The second kappa shape index (κ2) is 7.23. The quantitative estimate of drug-likeness (QED) is 0.832. The Morgan fingerprint density at radius 2 is 1.94 bits per heavy atom. The molecule has 18 heavy (non-hydrogen) atoms. The fourth-order valence-electron chi connectivity index (χ4n) is 1.45. The van der Waals surface area contributed by atoms with Crippen molar-refractivity contribution < 1.29 is 14.3 Å². The minimum Gasteiger partial charge on any atom is -0.493 e. The molecule has 100 valence electrons. The number of nitrogens with two attached hydrogens (primary N) is 1. The molecule has 0 unspecified atom stereocenters. The molecule has 0 radical (unpaired) electrons. The van der Waals surface area contributed by atoms with Crippen LogP contribution in [0.2, 0.25) is 0 Å². The number of hydrogen-bond acceptors (Lipinski definition) is 4. The largest absolute Gasteiger partial charge is 0.493 e. The van der Waals surface area contributed by atoms with Gasteiger partial charge >= 0.3 is 0 Å². The Kier molecular flexibility index (Phi) is 5.94. The molecule has 0 saturated heterocycles. The highest BCUT2D eigenvalue weighted by atomic mass is 79.9. The van der Waals surface area contributed by atoms with E-state index in [-0.39, 0.29) is 5.91 Å². The van der Waals surface area contributed by atoms with Gasteiger partial charge in [-0.15, -0.1) is 0 Å². The number of amides is 1. The zero-order valence-electron chi connectivity index (χ0n) is 10.5. The minimum absolute atomic E-state index is 0.0702. The number of carbonyl (C=O) groups excluding carboxylic acids is 1. The summed E-state index contributed by atoms with van der Waals surface area (Å²) in [6.45, 7) is 0.763. The van der Waals surface area contributed by atoms with Gasteiger partial charge in [-0.05, 0) is 17.7 Å². The molecular formula is C12H17BrN2O3. The first-order chi connectivity index (χ1) is 8.62. The zero-order valence-corrected chi connectivity index (χ0v) is 12.0. The second-order valence-corrected chi connectivity index (χ2v) is 4.47.